The van der Waals surface area contributed by atoms with Gasteiger partial charge in [-0.05, 0) is 57.4 Å². The molecule has 1 aliphatic heterocycles. The molecule has 6 rings (SSSR count). The first-order valence-corrected chi connectivity index (χ1v) is 12.7. The maximum absolute atomic E-state index is 13.3. The van der Waals surface area contributed by atoms with Crippen LogP contribution in [0.5, 0.6) is 0 Å². The van der Waals surface area contributed by atoms with Crippen molar-refractivity contribution in [1.82, 2.24) is 30.5 Å². The Balaban J connectivity index is 1.16. The number of carbonyl (C=O) groups excluding carboxylic acids is 3. The second kappa shape index (κ2) is 8.88. The van der Waals surface area contributed by atoms with Crippen LogP contribution in [0.1, 0.15) is 56.9 Å². The number of urea groups is 1. The molecule has 38 heavy (non-hydrogen) atoms. The van der Waals surface area contributed by atoms with Crippen LogP contribution in [0.4, 0.5) is 29.6 Å². The van der Waals surface area contributed by atoms with Crippen LogP contribution >= 0.6 is 0 Å². The minimum Gasteiger partial charge on any atom is -0.367 e. The zero-order valence-corrected chi connectivity index (χ0v) is 20.3. The Morgan fingerprint density at radius 3 is 2.29 bits per heavy atom. The molecule has 11 nitrogen and oxygen atoms in total. The molecule has 0 atom stereocenters. The first kappa shape index (κ1) is 24.5. The molecule has 0 spiro atoms. The fraction of sp³-hybridized carbons (Fsp3) is 0.542. The maximum Gasteiger partial charge on any atom is 0.403 e. The monoisotopic (exact) mass is 532 g/mol. The Morgan fingerprint density at radius 2 is 1.68 bits per heavy atom. The van der Waals surface area contributed by atoms with E-state index in [4.69, 9.17) is 4.98 Å². The van der Waals surface area contributed by atoms with Crippen molar-refractivity contribution in [2.24, 2.45) is 5.41 Å². The third-order valence-electron chi connectivity index (χ3n) is 7.59. The molecule has 2 aromatic heterocycles. The molecule has 0 radical (unpaired) electrons. The lowest BCUT2D eigenvalue weighted by molar-refractivity contribution is -0.192. The third-order valence-corrected chi connectivity index (χ3v) is 7.59. The Bertz CT molecular complexity index is 1340. The summed E-state index contributed by atoms with van der Waals surface area (Å²) in [7, 11) is 0. The van der Waals surface area contributed by atoms with Gasteiger partial charge in [-0.15, -0.1) is 0 Å². The van der Waals surface area contributed by atoms with Gasteiger partial charge in [0, 0.05) is 29.8 Å². The number of rotatable bonds is 7. The number of hydrogen-bond donors (Lipinski definition) is 5. The number of fused-ring (bicyclic) bond motifs is 1. The first-order valence-electron chi connectivity index (χ1n) is 12.7. The Hall–Kier alpha value is -3.84. The summed E-state index contributed by atoms with van der Waals surface area (Å²) >= 11 is 0. The molecule has 0 aromatic carbocycles. The predicted octanol–water partition coefficient (Wildman–Crippen LogP) is 2.67. The molecule has 4 fully saturated rings. The number of aromatic nitrogens is 3. The first-order chi connectivity index (χ1) is 18.1. The summed E-state index contributed by atoms with van der Waals surface area (Å²) in [4.78, 5) is 40.5. The highest BCUT2D eigenvalue weighted by Crippen LogP contribution is 2.57. The lowest BCUT2D eigenvalue weighted by Crippen LogP contribution is -2.47. The van der Waals surface area contributed by atoms with Gasteiger partial charge < -0.3 is 21.3 Å². The Kier molecular flexibility index (Phi) is 5.72. The molecular weight excluding hydrogens is 505 g/mol. The van der Waals surface area contributed by atoms with E-state index in [1.165, 1.54) is 6.08 Å². The largest absolute Gasteiger partial charge is 0.403 e. The van der Waals surface area contributed by atoms with Crippen LogP contribution in [0, 0.1) is 5.41 Å². The molecule has 1 saturated heterocycles. The molecule has 3 aliphatic carbocycles. The number of amides is 4. The SMILES string of the molecule is O=C1NC(=O)/C(=C/c2cnn3c(NC4CC4)cc(N[C@H]4CC[C@H](NC(=O)C5(C(F)(F)F)CC5)CC4)nc23)N1. The number of imide groups is 1. The fourth-order valence-electron chi connectivity index (χ4n) is 5.01. The van der Waals surface area contributed by atoms with Crippen molar-refractivity contribution in [1.29, 1.82) is 0 Å². The normalized spacial score (nSPS) is 25.7. The molecule has 4 amide bonds. The highest BCUT2D eigenvalue weighted by molar-refractivity contribution is 6.14. The van der Waals surface area contributed by atoms with E-state index in [9.17, 15) is 27.6 Å². The molecule has 2 aromatic rings. The second-order valence-electron chi connectivity index (χ2n) is 10.5. The van der Waals surface area contributed by atoms with Gasteiger partial charge in [-0.25, -0.2) is 9.78 Å². The molecular formula is C24H27F3N8O3. The van der Waals surface area contributed by atoms with Gasteiger partial charge in [0.25, 0.3) is 5.91 Å². The highest BCUT2D eigenvalue weighted by atomic mass is 19.4. The highest BCUT2D eigenvalue weighted by Gasteiger charge is 2.68. The smallest absolute Gasteiger partial charge is 0.367 e. The fourth-order valence-corrected chi connectivity index (χ4v) is 5.01. The van der Waals surface area contributed by atoms with Crippen molar-refractivity contribution in [3.63, 3.8) is 0 Å². The van der Waals surface area contributed by atoms with Crippen molar-refractivity contribution >= 4 is 41.2 Å². The maximum atomic E-state index is 13.3. The van der Waals surface area contributed by atoms with Crippen LogP contribution in [0.25, 0.3) is 11.7 Å². The summed E-state index contributed by atoms with van der Waals surface area (Å²) in [6.45, 7) is 0. The zero-order valence-electron chi connectivity index (χ0n) is 20.3. The average Bonchev–Trinajstić information content (AvgIpc) is 3.77. The zero-order chi connectivity index (χ0) is 26.7. The van der Waals surface area contributed by atoms with Gasteiger partial charge in [-0.2, -0.15) is 22.8 Å². The van der Waals surface area contributed by atoms with E-state index in [2.05, 4.69) is 31.7 Å². The van der Waals surface area contributed by atoms with Gasteiger partial charge in [0.2, 0.25) is 5.91 Å². The molecule has 3 heterocycles. The number of anilines is 2. The predicted molar refractivity (Wildman–Crippen MR) is 130 cm³/mol. The van der Waals surface area contributed by atoms with E-state index in [1.54, 1.807) is 10.7 Å². The van der Waals surface area contributed by atoms with Crippen molar-refractivity contribution in [2.75, 3.05) is 10.6 Å². The molecule has 3 saturated carbocycles. The van der Waals surface area contributed by atoms with Gasteiger partial charge in [0.15, 0.2) is 5.65 Å². The van der Waals surface area contributed by atoms with E-state index in [-0.39, 0.29) is 30.6 Å². The molecule has 4 aliphatic rings. The van der Waals surface area contributed by atoms with Gasteiger partial charge >= 0.3 is 12.2 Å². The average molecular weight is 533 g/mol. The summed E-state index contributed by atoms with van der Waals surface area (Å²) in [6, 6.07) is 1.33. The lowest BCUT2D eigenvalue weighted by atomic mass is 9.90. The number of hydrogen-bond acceptors (Lipinski definition) is 7. The summed E-state index contributed by atoms with van der Waals surface area (Å²) in [5.41, 5.74) is -1.07. The van der Waals surface area contributed by atoms with Crippen molar-refractivity contribution in [2.45, 2.75) is 75.7 Å². The minimum absolute atomic E-state index is 0.0222. The summed E-state index contributed by atoms with van der Waals surface area (Å²) in [5, 5.41) is 18.5. The Morgan fingerprint density at radius 1 is 1.03 bits per heavy atom. The molecule has 202 valence electrons. The minimum atomic E-state index is -4.51. The molecule has 0 unspecified atom stereocenters. The molecule has 14 heteroatoms. The topological polar surface area (TPSA) is 142 Å². The number of nitrogens with zero attached hydrogens (tertiary/aromatic N) is 3. The summed E-state index contributed by atoms with van der Waals surface area (Å²) in [6.07, 6.45) is 2.81. The van der Waals surface area contributed by atoms with E-state index >= 15 is 0 Å². The van der Waals surface area contributed by atoms with Crippen molar-refractivity contribution < 1.29 is 27.6 Å². The van der Waals surface area contributed by atoms with Crippen molar-refractivity contribution in [3.8, 4) is 0 Å². The lowest BCUT2D eigenvalue weighted by Gasteiger charge is -2.31. The van der Waals surface area contributed by atoms with Crippen molar-refractivity contribution in [3.05, 3.63) is 23.5 Å². The molecule has 5 N–H and O–H groups in total. The second-order valence-corrected chi connectivity index (χ2v) is 10.5. The van der Waals surface area contributed by atoms with E-state index < -0.39 is 29.4 Å². The number of nitrogens with one attached hydrogen (secondary N) is 5. The van der Waals surface area contributed by atoms with Crippen LogP contribution in [-0.2, 0) is 9.59 Å². The van der Waals surface area contributed by atoms with Gasteiger partial charge in [0.05, 0.1) is 6.20 Å². The van der Waals surface area contributed by atoms with E-state index in [1.807, 2.05) is 6.07 Å². The van der Waals surface area contributed by atoms with Crippen LogP contribution in [0.15, 0.2) is 18.0 Å². The third kappa shape index (κ3) is 4.63. The van der Waals surface area contributed by atoms with Gasteiger partial charge in [0.1, 0.15) is 22.7 Å². The summed E-state index contributed by atoms with van der Waals surface area (Å²) in [5.74, 6) is -0.125. The van der Waals surface area contributed by atoms with Crippen LogP contribution in [0.3, 0.4) is 0 Å². The standard InChI is InChI=1S/C24H27F3N8O3/c25-24(26,27)23(7-8-23)21(37)31-15-5-1-13(2-6-15)29-17-10-18(30-14-3-4-14)35-19(33-17)12(11-28-35)9-16-20(36)34-22(38)32-16/h9-11,13-15,30H,1-8H2,(H,29,33)(H,31,37)(H2,32,34,36,38)/b16-9-/t13-,15-. The Labute approximate surface area is 215 Å². The van der Waals surface area contributed by atoms with E-state index in [0.29, 0.717) is 48.8 Å². The van der Waals surface area contributed by atoms with Gasteiger partial charge in [-0.1, -0.05) is 0 Å². The van der Waals surface area contributed by atoms with Crippen LogP contribution in [-0.4, -0.2) is 56.7 Å². The van der Waals surface area contributed by atoms with E-state index in [0.717, 1.165) is 18.7 Å². The molecule has 0 bridgehead atoms. The number of carbonyl (C=O) groups is 3. The number of alkyl halides is 3. The summed E-state index contributed by atoms with van der Waals surface area (Å²) < 4.78 is 41.4. The number of halogens is 3. The van der Waals surface area contributed by atoms with Crippen LogP contribution < -0.4 is 26.6 Å². The van der Waals surface area contributed by atoms with Gasteiger partial charge in [-0.3, -0.25) is 14.9 Å². The quantitative estimate of drug-likeness (QED) is 0.273. The van der Waals surface area contributed by atoms with Crippen LogP contribution in [0.2, 0.25) is 0 Å².